The van der Waals surface area contributed by atoms with E-state index in [1.165, 1.54) is 5.56 Å². The number of amides is 1. The van der Waals surface area contributed by atoms with Crippen LogP contribution in [0.5, 0.6) is 11.5 Å². The van der Waals surface area contributed by atoms with Gasteiger partial charge in [0.2, 0.25) is 0 Å². The van der Waals surface area contributed by atoms with Crippen LogP contribution in [0.25, 0.3) is 0 Å². The van der Waals surface area contributed by atoms with Crippen LogP contribution in [0.15, 0.2) is 47.0 Å². The first kappa shape index (κ1) is 18.1. The Morgan fingerprint density at radius 3 is 2.82 bits per heavy atom. The van der Waals surface area contributed by atoms with Gasteiger partial charge < -0.3 is 19.3 Å². The number of fused-ring (bicyclic) bond motifs is 1. The van der Waals surface area contributed by atoms with Crippen molar-refractivity contribution in [3.63, 3.8) is 0 Å². The van der Waals surface area contributed by atoms with E-state index < -0.39 is 0 Å². The van der Waals surface area contributed by atoms with Gasteiger partial charge >= 0.3 is 0 Å². The Morgan fingerprint density at radius 2 is 2.04 bits per heavy atom. The van der Waals surface area contributed by atoms with E-state index >= 15 is 0 Å². The molecule has 6 nitrogen and oxygen atoms in total. The highest BCUT2D eigenvalue weighted by Crippen LogP contribution is 2.27. The number of phenols is 1. The minimum Gasteiger partial charge on any atom is -0.508 e. The molecule has 4 rings (SSSR count). The number of carbonyl (C=O) groups is 1. The van der Waals surface area contributed by atoms with E-state index in [1.807, 2.05) is 32.0 Å². The summed E-state index contributed by atoms with van der Waals surface area (Å²) in [7, 11) is 0. The smallest absolute Gasteiger partial charge is 0.257 e. The Bertz CT molecular complexity index is 1010. The van der Waals surface area contributed by atoms with E-state index in [9.17, 15) is 9.90 Å². The molecule has 1 N–H and O–H groups in total. The Labute approximate surface area is 163 Å². The van der Waals surface area contributed by atoms with Crippen LogP contribution in [-0.4, -0.2) is 27.6 Å². The molecule has 3 aromatic rings. The molecule has 0 aliphatic carbocycles. The maximum Gasteiger partial charge on any atom is 0.257 e. The summed E-state index contributed by atoms with van der Waals surface area (Å²) in [6, 6.07) is 12.6. The molecule has 1 amide bonds. The van der Waals surface area contributed by atoms with E-state index in [4.69, 9.17) is 9.26 Å². The highest BCUT2D eigenvalue weighted by molar-refractivity contribution is 5.97. The zero-order valence-electron chi connectivity index (χ0n) is 15.9. The van der Waals surface area contributed by atoms with E-state index in [2.05, 4.69) is 5.16 Å². The molecule has 0 atom stereocenters. The minimum atomic E-state index is -0.0802. The number of rotatable bonds is 4. The van der Waals surface area contributed by atoms with Crippen molar-refractivity contribution >= 4 is 5.91 Å². The highest BCUT2D eigenvalue weighted by atomic mass is 16.5. The molecule has 0 bridgehead atoms. The number of phenolic OH excluding ortho intramolecular Hbond substituents is 1. The molecule has 6 heteroatoms. The molecule has 1 aromatic heterocycles. The fraction of sp³-hybridized carbons (Fsp3) is 0.273. The van der Waals surface area contributed by atoms with Gasteiger partial charge in [-0.15, -0.1) is 0 Å². The largest absolute Gasteiger partial charge is 0.508 e. The van der Waals surface area contributed by atoms with Gasteiger partial charge in [0.25, 0.3) is 5.91 Å². The summed E-state index contributed by atoms with van der Waals surface area (Å²) in [6.45, 7) is 5.11. The van der Waals surface area contributed by atoms with Gasteiger partial charge in [0.05, 0.1) is 16.8 Å². The van der Waals surface area contributed by atoms with Crippen molar-refractivity contribution in [3.05, 3.63) is 76.2 Å². The van der Waals surface area contributed by atoms with Gasteiger partial charge in [-0.3, -0.25) is 4.79 Å². The summed E-state index contributed by atoms with van der Waals surface area (Å²) >= 11 is 0. The molecule has 1 aliphatic heterocycles. The molecule has 144 valence electrons. The van der Waals surface area contributed by atoms with E-state index in [0.717, 1.165) is 23.2 Å². The fourth-order valence-electron chi connectivity index (χ4n) is 3.51. The molecule has 0 unspecified atom stereocenters. The number of nitrogens with zero attached hydrogens (tertiary/aromatic N) is 2. The third kappa shape index (κ3) is 3.45. The standard InChI is InChI=1S/C22H22N2O4/c1-14-20(15(2)28-23-14)13-27-21-6-4-3-5-19(21)22(26)24-10-9-16-7-8-18(25)11-17(16)12-24/h3-8,11,25H,9-10,12-13H2,1-2H3. The lowest BCUT2D eigenvalue weighted by atomic mass is 9.98. The number of para-hydroxylation sites is 1. The molecule has 0 saturated heterocycles. The van der Waals surface area contributed by atoms with Crippen LogP contribution in [0, 0.1) is 13.8 Å². The first-order valence-corrected chi connectivity index (χ1v) is 9.26. The maximum atomic E-state index is 13.2. The quantitative estimate of drug-likeness (QED) is 0.748. The van der Waals surface area contributed by atoms with Crippen molar-refractivity contribution in [1.82, 2.24) is 10.1 Å². The van der Waals surface area contributed by atoms with Crippen molar-refractivity contribution in [2.45, 2.75) is 33.4 Å². The van der Waals surface area contributed by atoms with Crippen molar-refractivity contribution in [2.75, 3.05) is 6.54 Å². The van der Waals surface area contributed by atoms with Crippen molar-refractivity contribution in [1.29, 1.82) is 0 Å². The van der Waals surface area contributed by atoms with Gasteiger partial charge in [-0.1, -0.05) is 23.4 Å². The molecule has 28 heavy (non-hydrogen) atoms. The second-order valence-corrected chi connectivity index (χ2v) is 7.02. The highest BCUT2D eigenvalue weighted by Gasteiger charge is 2.24. The number of hydrogen-bond acceptors (Lipinski definition) is 5. The summed E-state index contributed by atoms with van der Waals surface area (Å²) in [5.41, 5.74) is 4.36. The second kappa shape index (κ2) is 7.38. The van der Waals surface area contributed by atoms with Gasteiger partial charge in [0, 0.05) is 13.1 Å². The molecule has 0 spiro atoms. The topological polar surface area (TPSA) is 75.8 Å². The van der Waals surface area contributed by atoms with Gasteiger partial charge in [-0.05, 0) is 55.7 Å². The number of aryl methyl sites for hydroxylation is 2. The van der Waals surface area contributed by atoms with E-state index in [0.29, 0.717) is 36.8 Å². The minimum absolute atomic E-state index is 0.0802. The fourth-order valence-corrected chi connectivity index (χ4v) is 3.51. The predicted octanol–water partition coefficient (Wildman–Crippen LogP) is 3.77. The number of aromatic hydroxyl groups is 1. The number of hydrogen-bond donors (Lipinski definition) is 1. The van der Waals surface area contributed by atoms with Gasteiger partial charge in [0.1, 0.15) is 23.9 Å². The Balaban J connectivity index is 1.54. The normalized spacial score (nSPS) is 13.3. The summed E-state index contributed by atoms with van der Waals surface area (Å²) in [5.74, 6) is 1.39. The Hall–Kier alpha value is -3.28. The summed E-state index contributed by atoms with van der Waals surface area (Å²) in [5, 5.41) is 13.7. The van der Waals surface area contributed by atoms with Crippen LogP contribution >= 0.6 is 0 Å². The van der Waals surface area contributed by atoms with Gasteiger partial charge in [0.15, 0.2) is 0 Å². The summed E-state index contributed by atoms with van der Waals surface area (Å²) in [4.78, 5) is 15.0. The van der Waals surface area contributed by atoms with E-state index in [-0.39, 0.29) is 11.7 Å². The summed E-state index contributed by atoms with van der Waals surface area (Å²) in [6.07, 6.45) is 0.767. The van der Waals surface area contributed by atoms with Gasteiger partial charge in [-0.2, -0.15) is 0 Å². The molecule has 2 aromatic carbocycles. The van der Waals surface area contributed by atoms with Crippen LogP contribution < -0.4 is 4.74 Å². The van der Waals surface area contributed by atoms with Gasteiger partial charge in [-0.25, -0.2) is 0 Å². The average molecular weight is 378 g/mol. The SMILES string of the molecule is Cc1noc(C)c1COc1ccccc1C(=O)N1CCc2ccc(O)cc2C1. The van der Waals surface area contributed by atoms with Crippen LogP contribution in [0.4, 0.5) is 0 Å². The number of aromatic nitrogens is 1. The van der Waals surface area contributed by atoms with E-state index in [1.54, 1.807) is 29.2 Å². The van der Waals surface area contributed by atoms with Crippen LogP contribution in [0.2, 0.25) is 0 Å². The molecule has 0 fully saturated rings. The lowest BCUT2D eigenvalue weighted by Crippen LogP contribution is -2.36. The Kier molecular flexibility index (Phi) is 4.77. The molecular formula is C22H22N2O4. The first-order valence-electron chi connectivity index (χ1n) is 9.26. The maximum absolute atomic E-state index is 13.2. The van der Waals surface area contributed by atoms with Crippen molar-refractivity contribution in [3.8, 4) is 11.5 Å². The molecular weight excluding hydrogens is 356 g/mol. The van der Waals surface area contributed by atoms with Crippen LogP contribution in [0.3, 0.4) is 0 Å². The molecule has 0 saturated carbocycles. The lowest BCUT2D eigenvalue weighted by Gasteiger charge is -2.29. The third-order valence-corrected chi connectivity index (χ3v) is 5.16. The van der Waals surface area contributed by atoms with Crippen LogP contribution in [-0.2, 0) is 19.6 Å². The van der Waals surface area contributed by atoms with Crippen molar-refractivity contribution < 1.29 is 19.2 Å². The van der Waals surface area contributed by atoms with Crippen LogP contribution in [0.1, 0.15) is 38.5 Å². The number of ether oxygens (including phenoxy) is 1. The van der Waals surface area contributed by atoms with Crippen molar-refractivity contribution in [2.24, 2.45) is 0 Å². The summed E-state index contributed by atoms with van der Waals surface area (Å²) < 4.78 is 11.1. The predicted molar refractivity (Wildman–Crippen MR) is 103 cm³/mol. The monoisotopic (exact) mass is 378 g/mol. The molecule has 1 aliphatic rings. The lowest BCUT2D eigenvalue weighted by molar-refractivity contribution is 0.0729. The molecule has 2 heterocycles. The zero-order valence-corrected chi connectivity index (χ0v) is 15.9. The second-order valence-electron chi connectivity index (χ2n) is 7.02. The molecule has 0 radical (unpaired) electrons. The Morgan fingerprint density at radius 1 is 1.21 bits per heavy atom. The number of carbonyl (C=O) groups excluding carboxylic acids is 1. The third-order valence-electron chi connectivity index (χ3n) is 5.16. The number of benzene rings is 2. The average Bonchev–Trinajstić information content (AvgIpc) is 3.03. The zero-order chi connectivity index (χ0) is 19.7. The first-order chi connectivity index (χ1) is 13.5.